The first kappa shape index (κ1) is 20.3. The van der Waals surface area contributed by atoms with E-state index in [0.717, 1.165) is 18.6 Å². The van der Waals surface area contributed by atoms with E-state index in [9.17, 15) is 27.8 Å². The predicted octanol–water partition coefficient (Wildman–Crippen LogP) is 0.969. The minimum absolute atomic E-state index is 0.0339. The lowest BCUT2D eigenvalue weighted by molar-refractivity contribution is -0.149. The molecular formula is C18H20FN3O5S. The number of benzene rings is 1. The summed E-state index contributed by atoms with van der Waals surface area (Å²) in [6.45, 7) is 0. The van der Waals surface area contributed by atoms with Crippen molar-refractivity contribution in [1.82, 2.24) is 14.7 Å². The van der Waals surface area contributed by atoms with Crippen LogP contribution in [0.15, 0.2) is 36.7 Å². The highest BCUT2D eigenvalue weighted by atomic mass is 32.2. The monoisotopic (exact) mass is 409 g/mol. The highest BCUT2D eigenvalue weighted by Gasteiger charge is 2.50. The normalized spacial score (nSPS) is 25.0. The topological polar surface area (TPSA) is 129 Å². The number of sulfonamides is 1. The number of hydrogen-bond acceptors (Lipinski definition) is 6. The molecule has 1 aromatic heterocycles. The molecule has 3 N–H and O–H groups in total. The Hall–Kier alpha value is -2.43. The summed E-state index contributed by atoms with van der Waals surface area (Å²) in [7, 11) is -3.59. The van der Waals surface area contributed by atoms with E-state index in [2.05, 4.69) is 14.7 Å². The molecule has 1 aromatic carbocycles. The maximum absolute atomic E-state index is 13.0. The van der Waals surface area contributed by atoms with Crippen molar-refractivity contribution in [2.45, 2.75) is 31.4 Å². The van der Waals surface area contributed by atoms with Crippen LogP contribution in [0.3, 0.4) is 0 Å². The first-order valence-corrected chi connectivity index (χ1v) is 10.4. The Morgan fingerprint density at radius 3 is 2.61 bits per heavy atom. The number of carbonyl (C=O) groups is 1. The van der Waals surface area contributed by atoms with Gasteiger partial charge >= 0.3 is 5.97 Å². The minimum Gasteiger partial charge on any atom is -0.481 e. The summed E-state index contributed by atoms with van der Waals surface area (Å²) in [5, 5.41) is 20.0. The van der Waals surface area contributed by atoms with E-state index in [1.165, 1.54) is 0 Å². The Kier molecular flexibility index (Phi) is 5.46. The van der Waals surface area contributed by atoms with E-state index in [1.54, 1.807) is 24.3 Å². The van der Waals surface area contributed by atoms with E-state index >= 15 is 0 Å². The van der Waals surface area contributed by atoms with Crippen molar-refractivity contribution < 1.29 is 27.8 Å². The van der Waals surface area contributed by atoms with E-state index in [1.807, 2.05) is 0 Å². The van der Waals surface area contributed by atoms with Crippen molar-refractivity contribution in [3.63, 3.8) is 0 Å². The van der Waals surface area contributed by atoms with Gasteiger partial charge in [0.2, 0.25) is 10.0 Å². The molecular weight excluding hydrogens is 389 g/mol. The van der Waals surface area contributed by atoms with Crippen LogP contribution in [-0.2, 0) is 21.2 Å². The molecule has 150 valence electrons. The summed E-state index contributed by atoms with van der Waals surface area (Å²) >= 11 is 0. The van der Waals surface area contributed by atoms with Crippen molar-refractivity contribution >= 4 is 16.0 Å². The zero-order valence-electron chi connectivity index (χ0n) is 15.0. The SMILES string of the molecule is CS(=O)(=O)N[C@@H]1C[C@@](Cc2cccc(-c3ncc(F)cn3)c2)(C(=O)O)C[C@@H]1O. The minimum atomic E-state index is -3.59. The van der Waals surface area contributed by atoms with E-state index in [-0.39, 0.29) is 19.3 Å². The number of rotatable bonds is 6. The quantitative estimate of drug-likeness (QED) is 0.648. The second kappa shape index (κ2) is 7.53. The van der Waals surface area contributed by atoms with Crippen LogP contribution in [0, 0.1) is 11.2 Å². The van der Waals surface area contributed by atoms with Gasteiger partial charge in [0.15, 0.2) is 11.6 Å². The summed E-state index contributed by atoms with van der Waals surface area (Å²) in [6.07, 6.45) is 1.93. The molecule has 1 heterocycles. The van der Waals surface area contributed by atoms with Gasteiger partial charge in [-0.2, -0.15) is 0 Å². The summed E-state index contributed by atoms with van der Waals surface area (Å²) in [4.78, 5) is 19.9. The number of carboxylic acids is 1. The van der Waals surface area contributed by atoms with Gasteiger partial charge in [-0.05, 0) is 30.9 Å². The summed E-state index contributed by atoms with van der Waals surface area (Å²) in [5.74, 6) is -1.36. The highest BCUT2D eigenvalue weighted by molar-refractivity contribution is 7.88. The second-order valence-corrected chi connectivity index (χ2v) is 8.94. The van der Waals surface area contributed by atoms with Crippen molar-refractivity contribution in [3.05, 3.63) is 48.0 Å². The van der Waals surface area contributed by atoms with Crippen LogP contribution in [0.5, 0.6) is 0 Å². The average molecular weight is 409 g/mol. The molecule has 0 aliphatic heterocycles. The Balaban J connectivity index is 1.87. The molecule has 10 heteroatoms. The third-order valence-electron chi connectivity index (χ3n) is 4.84. The van der Waals surface area contributed by atoms with Crippen molar-refractivity contribution in [3.8, 4) is 11.4 Å². The molecule has 28 heavy (non-hydrogen) atoms. The zero-order valence-corrected chi connectivity index (χ0v) is 15.9. The number of aliphatic hydroxyl groups excluding tert-OH is 1. The van der Waals surface area contributed by atoms with Gasteiger partial charge in [-0.25, -0.2) is 27.5 Å². The first-order valence-electron chi connectivity index (χ1n) is 8.54. The number of hydrogen-bond donors (Lipinski definition) is 3. The average Bonchev–Trinajstić information content (AvgIpc) is 2.90. The van der Waals surface area contributed by atoms with Gasteiger partial charge in [-0.3, -0.25) is 4.79 Å². The van der Waals surface area contributed by atoms with Gasteiger partial charge in [0.05, 0.1) is 30.2 Å². The van der Waals surface area contributed by atoms with Gasteiger partial charge in [-0.1, -0.05) is 18.2 Å². The molecule has 0 bridgehead atoms. The second-order valence-electron chi connectivity index (χ2n) is 7.16. The van der Waals surface area contributed by atoms with Crippen LogP contribution in [-0.4, -0.2) is 53.0 Å². The maximum atomic E-state index is 13.0. The van der Waals surface area contributed by atoms with Crippen LogP contribution >= 0.6 is 0 Å². The number of nitrogens with zero attached hydrogens (tertiary/aromatic N) is 2. The molecule has 2 aromatic rings. The smallest absolute Gasteiger partial charge is 0.310 e. The van der Waals surface area contributed by atoms with Gasteiger partial charge in [-0.15, -0.1) is 0 Å². The molecule has 3 atom stereocenters. The van der Waals surface area contributed by atoms with Crippen molar-refractivity contribution in [2.24, 2.45) is 5.41 Å². The maximum Gasteiger partial charge on any atom is 0.310 e. The first-order chi connectivity index (χ1) is 13.1. The van der Waals surface area contributed by atoms with Crippen molar-refractivity contribution in [2.75, 3.05) is 6.26 Å². The van der Waals surface area contributed by atoms with Crippen LogP contribution in [0.4, 0.5) is 4.39 Å². The lowest BCUT2D eigenvalue weighted by Gasteiger charge is -2.24. The Labute approximate surface area is 161 Å². The van der Waals surface area contributed by atoms with Gasteiger partial charge in [0.25, 0.3) is 0 Å². The molecule has 0 saturated heterocycles. The third kappa shape index (κ3) is 4.51. The number of nitrogens with one attached hydrogen (secondary N) is 1. The van der Waals surface area contributed by atoms with E-state index in [4.69, 9.17) is 0 Å². The predicted molar refractivity (Wildman–Crippen MR) is 98.2 cm³/mol. The van der Waals surface area contributed by atoms with E-state index < -0.39 is 39.4 Å². The Morgan fingerprint density at radius 1 is 1.32 bits per heavy atom. The van der Waals surface area contributed by atoms with Crippen LogP contribution < -0.4 is 4.72 Å². The third-order valence-corrected chi connectivity index (χ3v) is 5.57. The molecule has 0 amide bonds. The van der Waals surface area contributed by atoms with Gasteiger partial charge < -0.3 is 10.2 Å². The lowest BCUT2D eigenvalue weighted by atomic mass is 9.79. The number of halogens is 1. The fraction of sp³-hybridized carbons (Fsp3) is 0.389. The summed E-state index contributed by atoms with van der Waals surface area (Å²) < 4.78 is 38.3. The number of carboxylic acid groups (broad SMARTS) is 1. The molecule has 1 aliphatic rings. The summed E-state index contributed by atoms with van der Waals surface area (Å²) in [5.41, 5.74) is -0.0493. The zero-order chi connectivity index (χ0) is 20.5. The van der Waals surface area contributed by atoms with Gasteiger partial charge in [0.1, 0.15) is 0 Å². The fourth-order valence-electron chi connectivity index (χ4n) is 3.65. The molecule has 0 unspecified atom stereocenters. The molecule has 0 spiro atoms. The Bertz CT molecular complexity index is 983. The largest absolute Gasteiger partial charge is 0.481 e. The molecule has 3 rings (SSSR count). The molecule has 1 fully saturated rings. The molecule has 0 radical (unpaired) electrons. The van der Waals surface area contributed by atoms with Crippen LogP contribution in [0.25, 0.3) is 11.4 Å². The Morgan fingerprint density at radius 2 is 2.00 bits per heavy atom. The lowest BCUT2D eigenvalue weighted by Crippen LogP contribution is -2.39. The number of aromatic nitrogens is 2. The molecule has 1 aliphatic carbocycles. The van der Waals surface area contributed by atoms with E-state index in [0.29, 0.717) is 17.0 Å². The van der Waals surface area contributed by atoms with Crippen LogP contribution in [0.1, 0.15) is 18.4 Å². The van der Waals surface area contributed by atoms with Gasteiger partial charge in [0, 0.05) is 11.6 Å². The number of aliphatic carboxylic acids is 1. The van der Waals surface area contributed by atoms with Crippen LogP contribution in [0.2, 0.25) is 0 Å². The molecule has 1 saturated carbocycles. The number of aliphatic hydroxyl groups is 1. The summed E-state index contributed by atoms with van der Waals surface area (Å²) in [6, 6.07) is 6.02. The van der Waals surface area contributed by atoms with Crippen molar-refractivity contribution in [1.29, 1.82) is 0 Å². The fourth-order valence-corrected chi connectivity index (χ4v) is 4.44. The highest BCUT2D eigenvalue weighted by Crippen LogP contribution is 2.42. The molecule has 8 nitrogen and oxygen atoms in total. The standard InChI is InChI=1S/C18H20FN3O5S/c1-28(26,27)22-14-7-18(17(24)25,8-15(14)23)6-11-3-2-4-12(5-11)16-20-9-13(19)10-21-16/h2-5,9-10,14-15,22-23H,6-8H2,1H3,(H,24,25)/t14-,15+,18-/m1/s1.